The lowest BCUT2D eigenvalue weighted by molar-refractivity contribution is -0.384. The zero-order valence-electron chi connectivity index (χ0n) is 12.8. The second-order valence-corrected chi connectivity index (χ2v) is 5.70. The van der Waals surface area contributed by atoms with Crippen molar-refractivity contribution in [2.24, 2.45) is 5.92 Å². The van der Waals surface area contributed by atoms with E-state index in [1.165, 1.54) is 0 Å². The van der Waals surface area contributed by atoms with Gasteiger partial charge in [0.1, 0.15) is 5.69 Å². The summed E-state index contributed by atoms with van der Waals surface area (Å²) in [5, 5.41) is 24.9. The van der Waals surface area contributed by atoms with E-state index in [0.717, 1.165) is 38.8 Å². The Kier molecular flexibility index (Phi) is 5.17. The van der Waals surface area contributed by atoms with E-state index in [1.54, 1.807) is 11.6 Å². The lowest BCUT2D eigenvalue weighted by Crippen LogP contribution is -2.37. The Morgan fingerprint density at radius 3 is 2.90 bits per heavy atom. The molecule has 0 aromatic carbocycles. The molecular formula is C14H24N4O3. The molecule has 21 heavy (non-hydrogen) atoms. The van der Waals surface area contributed by atoms with Crippen LogP contribution in [0.4, 0.5) is 11.5 Å². The van der Waals surface area contributed by atoms with Crippen molar-refractivity contribution in [1.29, 1.82) is 0 Å². The molecule has 0 amide bonds. The van der Waals surface area contributed by atoms with Crippen LogP contribution in [0.15, 0.2) is 0 Å². The Balaban J connectivity index is 2.33. The number of hydrogen-bond donors (Lipinski definition) is 1. The molecule has 1 saturated heterocycles. The van der Waals surface area contributed by atoms with Crippen molar-refractivity contribution >= 4 is 11.5 Å². The summed E-state index contributed by atoms with van der Waals surface area (Å²) in [6.07, 6.45) is 3.72. The lowest BCUT2D eigenvalue weighted by Gasteiger charge is -2.33. The second kappa shape index (κ2) is 6.89. The number of rotatable bonds is 6. The molecule has 0 saturated carbocycles. The molecule has 2 rings (SSSR count). The molecule has 1 fully saturated rings. The molecule has 0 spiro atoms. The van der Waals surface area contributed by atoms with Gasteiger partial charge < -0.3 is 10.0 Å². The number of hydrogen-bond acceptors (Lipinski definition) is 5. The molecule has 1 aliphatic rings. The zero-order valence-corrected chi connectivity index (χ0v) is 12.8. The van der Waals surface area contributed by atoms with Crippen molar-refractivity contribution in [3.8, 4) is 0 Å². The average molecular weight is 296 g/mol. The first kappa shape index (κ1) is 15.8. The van der Waals surface area contributed by atoms with Gasteiger partial charge in [-0.3, -0.25) is 10.1 Å². The van der Waals surface area contributed by atoms with Gasteiger partial charge in [-0.25, -0.2) is 4.68 Å². The SMILES string of the molecule is CCCn1nc(C)c([N+](=O)[O-])c1N1CCCC(CCO)C1. The van der Waals surface area contributed by atoms with E-state index < -0.39 is 0 Å². The van der Waals surface area contributed by atoms with Crippen molar-refractivity contribution in [3.05, 3.63) is 15.8 Å². The minimum atomic E-state index is -0.320. The van der Waals surface area contributed by atoms with Crippen LogP contribution in [0.25, 0.3) is 0 Å². The Hall–Kier alpha value is -1.63. The van der Waals surface area contributed by atoms with E-state index >= 15 is 0 Å². The third-order valence-corrected chi connectivity index (χ3v) is 4.04. The Labute approximate surface area is 124 Å². The minimum Gasteiger partial charge on any atom is -0.396 e. The van der Waals surface area contributed by atoms with Gasteiger partial charge in [0.05, 0.1) is 4.92 Å². The van der Waals surface area contributed by atoms with Crippen molar-refractivity contribution in [2.75, 3.05) is 24.6 Å². The lowest BCUT2D eigenvalue weighted by atomic mass is 9.95. The molecule has 1 N–H and O–H groups in total. The van der Waals surface area contributed by atoms with Crippen LogP contribution in [0, 0.1) is 23.0 Å². The van der Waals surface area contributed by atoms with Crippen LogP contribution >= 0.6 is 0 Å². The number of aryl methyl sites for hydroxylation is 2. The first-order chi connectivity index (χ1) is 10.1. The predicted molar refractivity (Wildman–Crippen MR) is 80.5 cm³/mol. The molecule has 1 aromatic heterocycles. The summed E-state index contributed by atoms with van der Waals surface area (Å²) < 4.78 is 1.77. The molecule has 2 heterocycles. The standard InChI is InChI=1S/C14H24N4O3/c1-3-7-17-14(13(18(20)21)11(2)15-17)16-8-4-5-12(10-16)6-9-19/h12,19H,3-10H2,1-2H3. The van der Waals surface area contributed by atoms with Gasteiger partial charge in [0.25, 0.3) is 0 Å². The van der Waals surface area contributed by atoms with Crippen LogP contribution in [-0.4, -0.2) is 39.5 Å². The second-order valence-electron chi connectivity index (χ2n) is 5.70. The van der Waals surface area contributed by atoms with Gasteiger partial charge in [-0.2, -0.15) is 5.10 Å². The van der Waals surface area contributed by atoms with E-state index in [0.29, 0.717) is 24.0 Å². The Morgan fingerprint density at radius 1 is 1.52 bits per heavy atom. The minimum absolute atomic E-state index is 0.132. The number of aliphatic hydroxyl groups excluding tert-OH is 1. The first-order valence-electron chi connectivity index (χ1n) is 7.66. The Bertz CT molecular complexity index is 499. The molecule has 1 aromatic rings. The van der Waals surface area contributed by atoms with Gasteiger partial charge in [0.2, 0.25) is 5.82 Å². The van der Waals surface area contributed by atoms with Crippen molar-refractivity contribution in [3.63, 3.8) is 0 Å². The monoisotopic (exact) mass is 296 g/mol. The third-order valence-electron chi connectivity index (χ3n) is 4.04. The molecule has 0 radical (unpaired) electrons. The molecule has 0 aliphatic carbocycles. The largest absolute Gasteiger partial charge is 0.396 e. The quantitative estimate of drug-likeness (QED) is 0.642. The molecule has 7 heteroatoms. The summed E-state index contributed by atoms with van der Waals surface area (Å²) in [5.74, 6) is 1.04. The third kappa shape index (κ3) is 3.34. The number of aromatic nitrogens is 2. The number of nitrogens with zero attached hydrogens (tertiary/aromatic N) is 4. The average Bonchev–Trinajstić information content (AvgIpc) is 2.76. The Morgan fingerprint density at radius 2 is 2.29 bits per heavy atom. The van der Waals surface area contributed by atoms with Crippen molar-refractivity contribution in [2.45, 2.75) is 46.1 Å². The maximum atomic E-state index is 11.4. The summed E-state index contributed by atoms with van der Waals surface area (Å²) in [6.45, 7) is 6.17. The molecule has 1 unspecified atom stereocenters. The van der Waals surface area contributed by atoms with Gasteiger partial charge in [-0.1, -0.05) is 6.92 Å². The van der Waals surface area contributed by atoms with E-state index in [4.69, 9.17) is 5.11 Å². The van der Waals surface area contributed by atoms with E-state index in [2.05, 4.69) is 10.00 Å². The highest BCUT2D eigenvalue weighted by atomic mass is 16.6. The topological polar surface area (TPSA) is 84.4 Å². The van der Waals surface area contributed by atoms with Crippen molar-refractivity contribution in [1.82, 2.24) is 9.78 Å². The molecule has 1 aliphatic heterocycles. The maximum Gasteiger partial charge on any atom is 0.333 e. The highest BCUT2D eigenvalue weighted by Crippen LogP contribution is 2.34. The van der Waals surface area contributed by atoms with Gasteiger partial charge in [0, 0.05) is 26.2 Å². The van der Waals surface area contributed by atoms with Crippen LogP contribution in [0.2, 0.25) is 0 Å². The van der Waals surface area contributed by atoms with Crippen LogP contribution < -0.4 is 4.90 Å². The molecule has 0 bridgehead atoms. The highest BCUT2D eigenvalue weighted by molar-refractivity contribution is 5.61. The van der Waals surface area contributed by atoms with Crippen LogP contribution in [-0.2, 0) is 6.54 Å². The van der Waals surface area contributed by atoms with Gasteiger partial charge in [0.15, 0.2) is 0 Å². The zero-order chi connectivity index (χ0) is 15.4. The summed E-state index contributed by atoms with van der Waals surface area (Å²) in [4.78, 5) is 13.2. The van der Waals surface area contributed by atoms with Crippen LogP contribution in [0.3, 0.4) is 0 Å². The van der Waals surface area contributed by atoms with Gasteiger partial charge >= 0.3 is 5.69 Å². The normalized spacial score (nSPS) is 19.0. The fourth-order valence-corrected chi connectivity index (χ4v) is 3.13. The number of piperidine rings is 1. The fourth-order valence-electron chi connectivity index (χ4n) is 3.13. The first-order valence-corrected chi connectivity index (χ1v) is 7.66. The molecule has 1 atom stereocenters. The number of anilines is 1. The molecular weight excluding hydrogens is 272 g/mol. The molecule has 7 nitrogen and oxygen atoms in total. The summed E-state index contributed by atoms with van der Waals surface area (Å²) in [6, 6.07) is 0. The van der Waals surface area contributed by atoms with Gasteiger partial charge in [-0.05, 0) is 38.5 Å². The van der Waals surface area contributed by atoms with Gasteiger partial charge in [-0.15, -0.1) is 0 Å². The summed E-state index contributed by atoms with van der Waals surface area (Å²) in [5.41, 5.74) is 0.612. The predicted octanol–water partition coefficient (Wildman–Crippen LogP) is 2.11. The number of aliphatic hydroxyl groups is 1. The van der Waals surface area contributed by atoms with Crippen molar-refractivity contribution < 1.29 is 10.0 Å². The number of nitro groups is 1. The highest BCUT2D eigenvalue weighted by Gasteiger charge is 2.32. The van der Waals surface area contributed by atoms with Crippen LogP contribution in [0.1, 0.15) is 38.3 Å². The fraction of sp³-hybridized carbons (Fsp3) is 0.786. The van der Waals surface area contributed by atoms with E-state index in [9.17, 15) is 10.1 Å². The maximum absolute atomic E-state index is 11.4. The van der Waals surface area contributed by atoms with E-state index in [-0.39, 0.29) is 17.2 Å². The smallest absolute Gasteiger partial charge is 0.333 e. The summed E-state index contributed by atoms with van der Waals surface area (Å²) >= 11 is 0. The molecule has 118 valence electrons. The van der Waals surface area contributed by atoms with Crippen LogP contribution in [0.5, 0.6) is 0 Å². The summed E-state index contributed by atoms with van der Waals surface area (Å²) in [7, 11) is 0. The van der Waals surface area contributed by atoms with E-state index in [1.807, 2.05) is 6.92 Å².